The Morgan fingerprint density at radius 3 is 2.77 bits per heavy atom. The van der Waals surface area contributed by atoms with E-state index in [0.717, 1.165) is 0 Å². The minimum Gasteiger partial charge on any atom is -0.479 e. The first kappa shape index (κ1) is 16.8. The number of nitrogens with zero attached hydrogens (tertiary/aromatic N) is 4. The van der Waals surface area contributed by atoms with Crippen molar-refractivity contribution in [2.24, 2.45) is 0 Å². The monoisotopic (exact) mass is 363 g/mol. The maximum atomic E-state index is 11.6. The quantitative estimate of drug-likeness (QED) is 0.730. The molecule has 1 amide bonds. The summed E-state index contributed by atoms with van der Waals surface area (Å²) < 4.78 is 18.9. The number of fused-ring (bicyclic) bond motifs is 2. The van der Waals surface area contributed by atoms with Crippen molar-refractivity contribution in [2.45, 2.75) is 51.1 Å². The van der Waals surface area contributed by atoms with Gasteiger partial charge in [0.15, 0.2) is 23.8 Å². The minimum atomic E-state index is -1.18. The number of carboxylic acids is 1. The number of carbonyl (C=O) groups excluding carboxylic acids is 1. The molecule has 0 aromatic carbocycles. The molecule has 2 fully saturated rings. The van der Waals surface area contributed by atoms with Crippen molar-refractivity contribution in [1.29, 1.82) is 0 Å². The van der Waals surface area contributed by atoms with Gasteiger partial charge in [-0.15, -0.1) is 0 Å². The van der Waals surface area contributed by atoms with E-state index in [1.807, 2.05) is 0 Å². The minimum absolute atomic E-state index is 0.111. The maximum Gasteiger partial charge on any atom is 0.335 e. The molecule has 2 aliphatic heterocycles. The van der Waals surface area contributed by atoms with Crippen LogP contribution in [0.15, 0.2) is 6.33 Å². The Morgan fingerprint density at radius 2 is 2.08 bits per heavy atom. The summed E-state index contributed by atoms with van der Waals surface area (Å²) in [4.78, 5) is 35.0. The molecule has 4 rings (SSSR count). The van der Waals surface area contributed by atoms with Crippen LogP contribution in [0.1, 0.15) is 25.8 Å². The molecular formula is C15H17N5O6. The SMILES string of the molecule is Cc1nc(NC=O)nc2c1ncn2C1OC(C(=O)O)C2OC(C)(C)OC21. The summed E-state index contributed by atoms with van der Waals surface area (Å²) in [6, 6.07) is 0. The molecule has 4 unspecified atom stereocenters. The average Bonchev–Trinajstić information content (AvgIpc) is 3.18. The van der Waals surface area contributed by atoms with Gasteiger partial charge in [0.1, 0.15) is 17.7 Å². The predicted molar refractivity (Wildman–Crippen MR) is 85.1 cm³/mol. The molecule has 138 valence electrons. The molecule has 0 spiro atoms. The summed E-state index contributed by atoms with van der Waals surface area (Å²) in [6.07, 6.45) is -1.44. The molecule has 0 aliphatic carbocycles. The molecule has 2 aromatic heterocycles. The van der Waals surface area contributed by atoms with E-state index in [0.29, 0.717) is 23.3 Å². The topological polar surface area (TPSA) is 138 Å². The second-order valence-corrected chi connectivity index (χ2v) is 6.57. The Kier molecular flexibility index (Phi) is 3.68. The van der Waals surface area contributed by atoms with Crippen molar-refractivity contribution in [3.63, 3.8) is 0 Å². The second-order valence-electron chi connectivity index (χ2n) is 6.57. The Hall–Kier alpha value is -2.63. The van der Waals surface area contributed by atoms with Crippen molar-refractivity contribution in [2.75, 3.05) is 5.32 Å². The molecule has 0 saturated carbocycles. The van der Waals surface area contributed by atoms with Gasteiger partial charge in [0.25, 0.3) is 0 Å². The third-order valence-corrected chi connectivity index (χ3v) is 4.33. The van der Waals surface area contributed by atoms with Crippen LogP contribution in [0.2, 0.25) is 0 Å². The third-order valence-electron chi connectivity index (χ3n) is 4.33. The molecule has 2 aromatic rings. The highest BCUT2D eigenvalue weighted by molar-refractivity contribution is 5.77. The van der Waals surface area contributed by atoms with Crippen LogP contribution in [0.3, 0.4) is 0 Å². The Morgan fingerprint density at radius 1 is 1.35 bits per heavy atom. The predicted octanol–water partition coefficient (Wildman–Crippen LogP) is 0.205. The number of amides is 1. The maximum absolute atomic E-state index is 11.6. The Bertz CT molecular complexity index is 896. The van der Waals surface area contributed by atoms with Crippen LogP contribution in [0.5, 0.6) is 0 Å². The summed E-state index contributed by atoms with van der Waals surface area (Å²) >= 11 is 0. The highest BCUT2D eigenvalue weighted by Gasteiger charge is 2.58. The molecule has 0 radical (unpaired) electrons. The first-order valence-corrected chi connectivity index (χ1v) is 7.96. The van der Waals surface area contributed by atoms with Gasteiger partial charge >= 0.3 is 5.97 Å². The van der Waals surface area contributed by atoms with Gasteiger partial charge in [-0.1, -0.05) is 0 Å². The first-order valence-electron chi connectivity index (χ1n) is 7.96. The normalized spacial score (nSPS) is 29.7. The molecule has 4 atom stereocenters. The van der Waals surface area contributed by atoms with Gasteiger partial charge in [0.2, 0.25) is 12.4 Å². The van der Waals surface area contributed by atoms with E-state index in [1.54, 1.807) is 25.3 Å². The highest BCUT2D eigenvalue weighted by Crippen LogP contribution is 2.43. The van der Waals surface area contributed by atoms with Gasteiger partial charge in [-0.25, -0.2) is 14.8 Å². The molecule has 11 nitrogen and oxygen atoms in total. The van der Waals surface area contributed by atoms with Crippen LogP contribution in [0, 0.1) is 6.92 Å². The molecule has 2 N–H and O–H groups in total. The summed E-state index contributed by atoms with van der Waals surface area (Å²) in [5, 5.41) is 11.9. The number of aromatic nitrogens is 4. The summed E-state index contributed by atoms with van der Waals surface area (Å²) in [7, 11) is 0. The lowest BCUT2D eigenvalue weighted by atomic mass is 10.1. The van der Waals surface area contributed by atoms with Crippen molar-refractivity contribution >= 4 is 29.5 Å². The lowest BCUT2D eigenvalue weighted by Gasteiger charge is -2.23. The second kappa shape index (κ2) is 5.69. The van der Waals surface area contributed by atoms with Crippen LogP contribution in [-0.4, -0.2) is 61.1 Å². The fourth-order valence-corrected chi connectivity index (χ4v) is 3.36. The van der Waals surface area contributed by atoms with Crippen molar-refractivity contribution in [1.82, 2.24) is 19.5 Å². The smallest absolute Gasteiger partial charge is 0.335 e. The summed E-state index contributed by atoms with van der Waals surface area (Å²) in [5.41, 5.74) is 1.47. The fourth-order valence-electron chi connectivity index (χ4n) is 3.36. The van der Waals surface area contributed by atoms with E-state index < -0.39 is 36.3 Å². The molecule has 26 heavy (non-hydrogen) atoms. The molecule has 0 bridgehead atoms. The molecule has 2 aliphatic rings. The fraction of sp³-hybridized carbons (Fsp3) is 0.533. The van der Waals surface area contributed by atoms with Crippen LogP contribution >= 0.6 is 0 Å². The van der Waals surface area contributed by atoms with E-state index in [2.05, 4.69) is 20.3 Å². The van der Waals surface area contributed by atoms with E-state index in [1.165, 1.54) is 6.33 Å². The van der Waals surface area contributed by atoms with Gasteiger partial charge in [-0.05, 0) is 20.8 Å². The largest absolute Gasteiger partial charge is 0.479 e. The van der Waals surface area contributed by atoms with Crippen molar-refractivity contribution < 1.29 is 28.9 Å². The third kappa shape index (κ3) is 2.52. The highest BCUT2D eigenvalue weighted by atomic mass is 16.8. The van der Waals surface area contributed by atoms with Gasteiger partial charge in [-0.2, -0.15) is 4.98 Å². The number of hydrogen-bond donors (Lipinski definition) is 2. The number of nitrogens with one attached hydrogen (secondary N) is 1. The molecule has 4 heterocycles. The lowest BCUT2D eigenvalue weighted by molar-refractivity contribution is -0.202. The zero-order valence-corrected chi connectivity index (χ0v) is 14.2. The lowest BCUT2D eigenvalue weighted by Crippen LogP contribution is -2.35. The molecule has 2 saturated heterocycles. The number of ether oxygens (including phenoxy) is 3. The van der Waals surface area contributed by atoms with Crippen LogP contribution in [-0.2, 0) is 23.8 Å². The number of carboxylic acid groups (broad SMARTS) is 1. The standard InChI is InChI=1S/C15H17N5O6/c1-6-7-11(19-14(18-6)17-5-21)20(4-16-7)12-9-8(10(24-12)13(22)23)25-15(2,3)26-9/h4-5,8-10,12H,1-3H3,(H,22,23)(H,17,18,19,21). The Balaban J connectivity index is 1.79. The van der Waals surface area contributed by atoms with E-state index in [4.69, 9.17) is 14.2 Å². The first-order chi connectivity index (χ1) is 12.3. The molecular weight excluding hydrogens is 346 g/mol. The average molecular weight is 363 g/mol. The zero-order chi connectivity index (χ0) is 18.6. The van der Waals surface area contributed by atoms with Gasteiger partial charge in [-0.3, -0.25) is 14.7 Å². The van der Waals surface area contributed by atoms with Crippen molar-refractivity contribution in [3.05, 3.63) is 12.0 Å². The summed E-state index contributed by atoms with van der Waals surface area (Å²) in [6.45, 7) is 5.16. The number of rotatable bonds is 4. The number of anilines is 1. The van der Waals surface area contributed by atoms with E-state index in [-0.39, 0.29) is 5.95 Å². The zero-order valence-electron chi connectivity index (χ0n) is 14.2. The number of aliphatic carboxylic acids is 1. The Labute approximate surface area is 147 Å². The van der Waals surface area contributed by atoms with Crippen LogP contribution < -0.4 is 5.32 Å². The van der Waals surface area contributed by atoms with Gasteiger partial charge in [0, 0.05) is 0 Å². The summed E-state index contributed by atoms with van der Waals surface area (Å²) in [5.74, 6) is -1.96. The van der Waals surface area contributed by atoms with E-state index in [9.17, 15) is 14.7 Å². The number of imidazole rings is 1. The number of hydrogen-bond acceptors (Lipinski definition) is 8. The van der Waals surface area contributed by atoms with Crippen LogP contribution in [0.25, 0.3) is 11.2 Å². The van der Waals surface area contributed by atoms with Gasteiger partial charge in [0.05, 0.1) is 12.0 Å². The number of carbonyl (C=O) groups is 2. The number of aryl methyl sites for hydroxylation is 1. The molecule has 11 heteroatoms. The van der Waals surface area contributed by atoms with Gasteiger partial charge < -0.3 is 19.3 Å². The van der Waals surface area contributed by atoms with E-state index >= 15 is 0 Å². The van der Waals surface area contributed by atoms with Crippen molar-refractivity contribution in [3.8, 4) is 0 Å². The van der Waals surface area contributed by atoms with Crippen LogP contribution in [0.4, 0.5) is 5.95 Å².